The summed E-state index contributed by atoms with van der Waals surface area (Å²) in [6, 6.07) is 13.9. The number of ether oxygens (including phenoxy) is 4. The lowest BCUT2D eigenvalue weighted by molar-refractivity contribution is 0.0591. The fourth-order valence-corrected chi connectivity index (χ4v) is 5.06. The van der Waals surface area contributed by atoms with E-state index in [9.17, 15) is 9.59 Å². The molecule has 1 fully saturated rings. The molecule has 2 N–H and O–H groups in total. The summed E-state index contributed by atoms with van der Waals surface area (Å²) in [6.45, 7) is 1.73. The van der Waals surface area contributed by atoms with Gasteiger partial charge in [0.15, 0.2) is 11.5 Å². The largest absolute Gasteiger partial charge is 0.493 e. The van der Waals surface area contributed by atoms with Crippen molar-refractivity contribution >= 4 is 28.4 Å². The van der Waals surface area contributed by atoms with Crippen LogP contribution in [0.4, 0.5) is 11.5 Å². The average molecular weight is 531 g/mol. The number of aromatic nitrogens is 2. The van der Waals surface area contributed by atoms with E-state index in [1.807, 2.05) is 12.1 Å². The van der Waals surface area contributed by atoms with E-state index in [0.29, 0.717) is 51.0 Å². The van der Waals surface area contributed by atoms with Crippen LogP contribution < -0.4 is 30.4 Å². The summed E-state index contributed by atoms with van der Waals surface area (Å²) in [5, 5.41) is 0.490. The van der Waals surface area contributed by atoms with Gasteiger partial charge in [-0.05, 0) is 66.9 Å². The van der Waals surface area contributed by atoms with Crippen molar-refractivity contribution in [1.82, 2.24) is 9.55 Å². The number of nitrogens with two attached hydrogens (primary N) is 1. The molecule has 0 radical (unpaired) electrons. The van der Waals surface area contributed by atoms with Crippen LogP contribution in [-0.2, 0) is 4.74 Å². The van der Waals surface area contributed by atoms with Crippen molar-refractivity contribution in [3.8, 4) is 34.1 Å². The Morgan fingerprint density at radius 2 is 1.54 bits per heavy atom. The summed E-state index contributed by atoms with van der Waals surface area (Å²) < 4.78 is 23.2. The van der Waals surface area contributed by atoms with Gasteiger partial charge in [-0.25, -0.2) is 9.78 Å². The summed E-state index contributed by atoms with van der Waals surface area (Å²) in [5.41, 5.74) is 7.67. The van der Waals surface area contributed by atoms with Crippen molar-refractivity contribution in [2.75, 3.05) is 52.2 Å². The highest BCUT2D eigenvalue weighted by Crippen LogP contribution is 2.43. The third-order valence-corrected chi connectivity index (χ3v) is 6.93. The van der Waals surface area contributed by atoms with Crippen molar-refractivity contribution in [3.05, 3.63) is 64.6 Å². The highest BCUT2D eigenvalue weighted by molar-refractivity contribution is 6.07. The Labute approximate surface area is 225 Å². The predicted molar refractivity (Wildman–Crippen MR) is 150 cm³/mol. The third-order valence-electron chi connectivity index (χ3n) is 6.93. The van der Waals surface area contributed by atoms with E-state index in [1.165, 1.54) is 33.0 Å². The van der Waals surface area contributed by atoms with Gasteiger partial charge >= 0.3 is 5.97 Å². The number of methoxy groups -OCH3 is 4. The molecule has 0 amide bonds. The van der Waals surface area contributed by atoms with E-state index in [-0.39, 0.29) is 11.2 Å². The standard InChI is InChI=1S/C29H30N4O6/c1-36-21-15-17(16-22(37-2)27(21)38-3)24-20-11-12-23(32-13-5-6-14-32)31-25(20)28(34)33(26(24)29(35)39-4)19-9-7-18(30)8-10-19/h7-12,15-16H,5-6,13-14,30H2,1-4H3. The van der Waals surface area contributed by atoms with Gasteiger partial charge in [0.2, 0.25) is 5.75 Å². The molecule has 1 saturated heterocycles. The zero-order chi connectivity index (χ0) is 27.7. The average Bonchev–Trinajstić information content (AvgIpc) is 3.51. The van der Waals surface area contributed by atoms with Crippen LogP contribution in [0.5, 0.6) is 17.2 Å². The van der Waals surface area contributed by atoms with Gasteiger partial charge in [0, 0.05) is 35.4 Å². The van der Waals surface area contributed by atoms with Crippen molar-refractivity contribution in [1.29, 1.82) is 0 Å². The maximum absolute atomic E-state index is 14.1. The Kier molecular flexibility index (Phi) is 7.02. The molecule has 1 aliphatic rings. The predicted octanol–water partition coefficient (Wildman–Crippen LogP) is 4.05. The van der Waals surface area contributed by atoms with Crippen LogP contribution in [0.1, 0.15) is 23.3 Å². The zero-order valence-electron chi connectivity index (χ0n) is 22.3. The molecule has 0 aliphatic carbocycles. The van der Waals surface area contributed by atoms with E-state index >= 15 is 0 Å². The van der Waals surface area contributed by atoms with Gasteiger partial charge in [-0.3, -0.25) is 9.36 Å². The molecule has 39 heavy (non-hydrogen) atoms. The van der Waals surface area contributed by atoms with E-state index in [1.54, 1.807) is 36.4 Å². The number of fused-ring (bicyclic) bond motifs is 1. The molecule has 2 aromatic heterocycles. The van der Waals surface area contributed by atoms with Crippen LogP contribution in [0.2, 0.25) is 0 Å². The Morgan fingerprint density at radius 3 is 2.10 bits per heavy atom. The monoisotopic (exact) mass is 530 g/mol. The molecule has 0 bridgehead atoms. The number of hydrogen-bond acceptors (Lipinski definition) is 9. The van der Waals surface area contributed by atoms with Crippen molar-refractivity contribution < 1.29 is 23.7 Å². The van der Waals surface area contributed by atoms with Gasteiger partial charge in [-0.2, -0.15) is 0 Å². The normalized spacial score (nSPS) is 13.0. The highest BCUT2D eigenvalue weighted by Gasteiger charge is 2.28. The second-order valence-electron chi connectivity index (χ2n) is 9.12. The summed E-state index contributed by atoms with van der Waals surface area (Å²) in [7, 11) is 5.82. The molecule has 1 aliphatic heterocycles. The quantitative estimate of drug-likeness (QED) is 0.279. The Bertz CT molecular complexity index is 1580. The summed E-state index contributed by atoms with van der Waals surface area (Å²) >= 11 is 0. The van der Waals surface area contributed by atoms with Crippen LogP contribution in [0.3, 0.4) is 0 Å². The molecule has 10 nitrogen and oxygen atoms in total. The molecule has 0 unspecified atom stereocenters. The minimum Gasteiger partial charge on any atom is -0.493 e. The number of esters is 1. The molecule has 0 atom stereocenters. The zero-order valence-corrected chi connectivity index (χ0v) is 22.3. The first kappa shape index (κ1) is 25.9. The van der Waals surface area contributed by atoms with Gasteiger partial charge in [0.25, 0.3) is 5.56 Å². The smallest absolute Gasteiger partial charge is 0.355 e. The second-order valence-corrected chi connectivity index (χ2v) is 9.12. The molecular formula is C29H30N4O6. The van der Waals surface area contributed by atoms with E-state index < -0.39 is 11.5 Å². The maximum Gasteiger partial charge on any atom is 0.355 e. The van der Waals surface area contributed by atoms with Crippen molar-refractivity contribution in [3.63, 3.8) is 0 Å². The van der Waals surface area contributed by atoms with E-state index in [4.69, 9.17) is 29.7 Å². The number of pyridine rings is 2. The van der Waals surface area contributed by atoms with Crippen LogP contribution in [0.15, 0.2) is 53.3 Å². The number of carbonyl (C=O) groups is 1. The van der Waals surface area contributed by atoms with Crippen LogP contribution in [0, 0.1) is 0 Å². The van der Waals surface area contributed by atoms with E-state index in [0.717, 1.165) is 25.9 Å². The number of anilines is 2. The lowest BCUT2D eigenvalue weighted by Crippen LogP contribution is -2.28. The van der Waals surface area contributed by atoms with Crippen LogP contribution in [-0.4, -0.2) is 57.0 Å². The van der Waals surface area contributed by atoms with Crippen LogP contribution in [0.25, 0.3) is 27.7 Å². The summed E-state index contributed by atoms with van der Waals surface area (Å²) in [5.74, 6) is 1.19. The minimum absolute atomic E-state index is 0.0322. The van der Waals surface area contributed by atoms with Gasteiger partial charge in [-0.15, -0.1) is 0 Å². The molecule has 2 aromatic carbocycles. The summed E-state index contributed by atoms with van der Waals surface area (Å²) in [6.07, 6.45) is 2.13. The van der Waals surface area contributed by atoms with Crippen LogP contribution >= 0.6 is 0 Å². The minimum atomic E-state index is -0.696. The van der Waals surface area contributed by atoms with Gasteiger partial charge in [0.05, 0.1) is 28.4 Å². The molecule has 10 heteroatoms. The Hall–Kier alpha value is -4.73. The van der Waals surface area contributed by atoms with Gasteiger partial charge < -0.3 is 29.6 Å². The first-order chi connectivity index (χ1) is 18.9. The molecule has 3 heterocycles. The fourth-order valence-electron chi connectivity index (χ4n) is 5.06. The number of benzene rings is 2. The number of nitrogen functional groups attached to an aromatic ring is 1. The van der Waals surface area contributed by atoms with Crippen molar-refractivity contribution in [2.45, 2.75) is 12.8 Å². The highest BCUT2D eigenvalue weighted by atomic mass is 16.5. The van der Waals surface area contributed by atoms with Gasteiger partial charge in [-0.1, -0.05) is 0 Å². The number of hydrogen-bond donors (Lipinski definition) is 1. The lowest BCUT2D eigenvalue weighted by atomic mass is 9.97. The fraction of sp³-hybridized carbons (Fsp3) is 0.276. The first-order valence-electron chi connectivity index (χ1n) is 12.5. The molecule has 202 valence electrons. The first-order valence-corrected chi connectivity index (χ1v) is 12.5. The molecule has 0 spiro atoms. The third kappa shape index (κ3) is 4.47. The lowest BCUT2D eigenvalue weighted by Gasteiger charge is -2.22. The second kappa shape index (κ2) is 10.6. The van der Waals surface area contributed by atoms with E-state index in [2.05, 4.69) is 4.90 Å². The number of carbonyl (C=O) groups excluding carboxylic acids is 1. The molecule has 4 aromatic rings. The summed E-state index contributed by atoms with van der Waals surface area (Å²) in [4.78, 5) is 34.5. The molecule has 5 rings (SSSR count). The molecular weight excluding hydrogens is 500 g/mol. The Balaban J connectivity index is 1.94. The number of rotatable bonds is 7. The van der Waals surface area contributed by atoms with Crippen molar-refractivity contribution in [2.24, 2.45) is 0 Å². The number of nitrogens with zero attached hydrogens (tertiary/aromatic N) is 3. The Morgan fingerprint density at radius 1 is 0.897 bits per heavy atom. The molecule has 0 saturated carbocycles. The SMILES string of the molecule is COC(=O)c1c(-c2cc(OC)c(OC)c(OC)c2)c2ccc(N3CCCC3)nc2c(=O)n1-c1ccc(N)cc1. The maximum atomic E-state index is 14.1. The topological polar surface area (TPSA) is 118 Å². The van der Waals surface area contributed by atoms with Gasteiger partial charge in [0.1, 0.15) is 17.0 Å².